The summed E-state index contributed by atoms with van der Waals surface area (Å²) in [5.41, 5.74) is 0.918. The third-order valence-corrected chi connectivity index (χ3v) is 2.34. The van der Waals surface area contributed by atoms with Crippen LogP contribution in [0.25, 0.3) is 11.5 Å². The minimum atomic E-state index is 0.559. The van der Waals surface area contributed by atoms with Gasteiger partial charge in [-0.25, -0.2) is 0 Å². The lowest BCUT2D eigenvalue weighted by atomic mass is 10.2. The normalized spacial score (nSPS) is 10.5. The highest BCUT2D eigenvalue weighted by Gasteiger charge is 2.06. The van der Waals surface area contributed by atoms with Crippen molar-refractivity contribution >= 4 is 0 Å². The molecule has 2 rings (SSSR count). The Labute approximate surface area is 101 Å². The van der Waals surface area contributed by atoms with Crippen LogP contribution in [0.1, 0.15) is 26.2 Å². The van der Waals surface area contributed by atoms with Crippen molar-refractivity contribution < 1.29 is 9.15 Å². The molecule has 0 spiro atoms. The third-order valence-electron chi connectivity index (χ3n) is 2.34. The predicted molar refractivity (Wildman–Crippen MR) is 64.9 cm³/mol. The Bertz CT molecular complexity index is 463. The van der Waals surface area contributed by atoms with Crippen LogP contribution in [0.5, 0.6) is 5.75 Å². The van der Waals surface area contributed by atoms with Crippen LogP contribution in [0.2, 0.25) is 0 Å². The fraction of sp³-hybridized carbons (Fsp3) is 0.385. The second-order valence-electron chi connectivity index (χ2n) is 3.73. The lowest BCUT2D eigenvalue weighted by Crippen LogP contribution is -1.94. The summed E-state index contributed by atoms with van der Waals surface area (Å²) < 4.78 is 11.0. The topological polar surface area (TPSA) is 48.2 Å². The summed E-state index contributed by atoms with van der Waals surface area (Å²) in [7, 11) is 0. The van der Waals surface area contributed by atoms with Crippen molar-refractivity contribution in [3.63, 3.8) is 0 Å². The summed E-state index contributed by atoms with van der Waals surface area (Å²) in [6.07, 6.45) is 1.76. The molecular formula is C13H16N2O2. The standard InChI is InChI=1S/C13H16N2O2/c1-3-9-16-11-7-5-10(6-8-11)13-15-14-12(4-2)17-13/h5-8H,3-4,9H2,1-2H3. The van der Waals surface area contributed by atoms with Crippen molar-refractivity contribution in [2.75, 3.05) is 6.61 Å². The van der Waals surface area contributed by atoms with E-state index in [1.807, 2.05) is 31.2 Å². The van der Waals surface area contributed by atoms with E-state index in [4.69, 9.17) is 9.15 Å². The van der Waals surface area contributed by atoms with Gasteiger partial charge in [-0.15, -0.1) is 10.2 Å². The summed E-state index contributed by atoms with van der Waals surface area (Å²) in [6.45, 7) is 4.80. The summed E-state index contributed by atoms with van der Waals surface area (Å²) in [5.74, 6) is 2.08. The number of rotatable bonds is 5. The van der Waals surface area contributed by atoms with E-state index in [1.165, 1.54) is 0 Å². The molecule has 1 aromatic carbocycles. The van der Waals surface area contributed by atoms with Crippen LogP contribution in [0, 0.1) is 0 Å². The molecule has 0 fully saturated rings. The van der Waals surface area contributed by atoms with Crippen LogP contribution in [0.3, 0.4) is 0 Å². The van der Waals surface area contributed by atoms with Crippen LogP contribution >= 0.6 is 0 Å². The molecule has 0 saturated carbocycles. The van der Waals surface area contributed by atoms with Gasteiger partial charge in [-0.05, 0) is 30.7 Å². The number of nitrogens with zero attached hydrogens (tertiary/aromatic N) is 2. The molecule has 4 heteroatoms. The number of benzene rings is 1. The summed E-state index contributed by atoms with van der Waals surface area (Å²) in [6, 6.07) is 7.69. The molecule has 1 heterocycles. The molecule has 0 aliphatic rings. The second kappa shape index (κ2) is 5.48. The summed E-state index contributed by atoms with van der Waals surface area (Å²) in [5, 5.41) is 7.93. The van der Waals surface area contributed by atoms with E-state index in [-0.39, 0.29) is 0 Å². The van der Waals surface area contributed by atoms with Gasteiger partial charge in [0.2, 0.25) is 11.8 Å². The smallest absolute Gasteiger partial charge is 0.247 e. The maximum absolute atomic E-state index is 5.51. The monoisotopic (exact) mass is 232 g/mol. The Hall–Kier alpha value is -1.84. The molecule has 0 aliphatic heterocycles. The number of hydrogen-bond acceptors (Lipinski definition) is 4. The lowest BCUT2D eigenvalue weighted by Gasteiger charge is -2.03. The zero-order valence-corrected chi connectivity index (χ0v) is 10.1. The largest absolute Gasteiger partial charge is 0.494 e. The maximum Gasteiger partial charge on any atom is 0.247 e. The zero-order valence-electron chi connectivity index (χ0n) is 10.1. The Morgan fingerprint density at radius 3 is 2.47 bits per heavy atom. The molecule has 4 nitrogen and oxygen atoms in total. The van der Waals surface area contributed by atoms with Crippen molar-refractivity contribution in [2.45, 2.75) is 26.7 Å². The Morgan fingerprint density at radius 1 is 1.12 bits per heavy atom. The minimum absolute atomic E-state index is 0.559. The summed E-state index contributed by atoms with van der Waals surface area (Å²) in [4.78, 5) is 0. The van der Waals surface area contributed by atoms with E-state index in [0.29, 0.717) is 11.8 Å². The van der Waals surface area contributed by atoms with Gasteiger partial charge in [0.1, 0.15) is 5.75 Å². The van der Waals surface area contributed by atoms with E-state index in [1.54, 1.807) is 0 Å². The molecule has 0 unspecified atom stereocenters. The van der Waals surface area contributed by atoms with Gasteiger partial charge >= 0.3 is 0 Å². The third kappa shape index (κ3) is 2.84. The fourth-order valence-electron chi connectivity index (χ4n) is 1.43. The molecule has 0 radical (unpaired) electrons. The Kier molecular flexibility index (Phi) is 3.75. The SMILES string of the molecule is CCCOc1ccc(-c2nnc(CC)o2)cc1. The molecule has 0 bridgehead atoms. The number of aryl methyl sites for hydroxylation is 1. The molecule has 0 amide bonds. The quantitative estimate of drug-likeness (QED) is 0.794. The fourth-order valence-corrected chi connectivity index (χ4v) is 1.43. The van der Waals surface area contributed by atoms with Gasteiger partial charge < -0.3 is 9.15 Å². The highest BCUT2D eigenvalue weighted by atomic mass is 16.5. The molecule has 0 atom stereocenters. The van der Waals surface area contributed by atoms with Gasteiger partial charge in [-0.2, -0.15) is 0 Å². The first-order valence-electron chi connectivity index (χ1n) is 5.89. The van der Waals surface area contributed by atoms with Crippen molar-refractivity contribution in [1.29, 1.82) is 0 Å². The van der Waals surface area contributed by atoms with E-state index < -0.39 is 0 Å². The molecule has 0 saturated heterocycles. The lowest BCUT2D eigenvalue weighted by molar-refractivity contribution is 0.317. The van der Waals surface area contributed by atoms with E-state index in [2.05, 4.69) is 17.1 Å². The van der Waals surface area contributed by atoms with Gasteiger partial charge in [0.05, 0.1) is 6.61 Å². The molecular weight excluding hydrogens is 216 g/mol. The molecule has 0 aliphatic carbocycles. The molecule has 90 valence electrons. The minimum Gasteiger partial charge on any atom is -0.494 e. The van der Waals surface area contributed by atoms with Crippen molar-refractivity contribution in [2.24, 2.45) is 0 Å². The van der Waals surface area contributed by atoms with Gasteiger partial charge in [0.25, 0.3) is 0 Å². The predicted octanol–water partition coefficient (Wildman–Crippen LogP) is 3.09. The first kappa shape index (κ1) is 11.6. The Morgan fingerprint density at radius 2 is 1.88 bits per heavy atom. The zero-order chi connectivity index (χ0) is 12.1. The van der Waals surface area contributed by atoms with Crippen molar-refractivity contribution in [3.8, 4) is 17.2 Å². The first-order chi connectivity index (χ1) is 8.33. The highest BCUT2D eigenvalue weighted by molar-refractivity contribution is 5.53. The van der Waals surface area contributed by atoms with Crippen molar-refractivity contribution in [1.82, 2.24) is 10.2 Å². The number of ether oxygens (including phenoxy) is 1. The van der Waals surface area contributed by atoms with Gasteiger partial charge in [-0.3, -0.25) is 0 Å². The van der Waals surface area contributed by atoms with Crippen molar-refractivity contribution in [3.05, 3.63) is 30.2 Å². The van der Waals surface area contributed by atoms with Gasteiger partial charge in [0.15, 0.2) is 0 Å². The molecule has 0 N–H and O–H groups in total. The second-order valence-corrected chi connectivity index (χ2v) is 3.73. The highest BCUT2D eigenvalue weighted by Crippen LogP contribution is 2.21. The van der Waals surface area contributed by atoms with Crippen LogP contribution in [-0.4, -0.2) is 16.8 Å². The number of aromatic nitrogens is 2. The van der Waals surface area contributed by atoms with Crippen LogP contribution in [0.15, 0.2) is 28.7 Å². The van der Waals surface area contributed by atoms with Crippen LogP contribution in [-0.2, 0) is 6.42 Å². The van der Waals surface area contributed by atoms with Gasteiger partial charge in [-0.1, -0.05) is 13.8 Å². The molecule has 2 aromatic rings. The number of hydrogen-bond donors (Lipinski definition) is 0. The Balaban J connectivity index is 2.11. The molecule has 17 heavy (non-hydrogen) atoms. The average Bonchev–Trinajstić information content (AvgIpc) is 2.86. The molecule has 1 aromatic heterocycles. The van der Waals surface area contributed by atoms with Crippen LogP contribution < -0.4 is 4.74 Å². The van der Waals surface area contributed by atoms with E-state index >= 15 is 0 Å². The summed E-state index contributed by atoms with van der Waals surface area (Å²) >= 11 is 0. The first-order valence-corrected chi connectivity index (χ1v) is 5.89. The van der Waals surface area contributed by atoms with Crippen LogP contribution in [0.4, 0.5) is 0 Å². The van der Waals surface area contributed by atoms with E-state index in [0.717, 1.165) is 30.8 Å². The maximum atomic E-state index is 5.51. The average molecular weight is 232 g/mol. The van der Waals surface area contributed by atoms with E-state index in [9.17, 15) is 0 Å². The van der Waals surface area contributed by atoms with Gasteiger partial charge in [0, 0.05) is 12.0 Å².